The van der Waals surface area contributed by atoms with Gasteiger partial charge < -0.3 is 10.2 Å². The molecule has 2 nitrogen and oxygen atoms in total. The van der Waals surface area contributed by atoms with Gasteiger partial charge >= 0.3 is 0 Å². The Kier molecular flexibility index (Phi) is 7.67. The quantitative estimate of drug-likeness (QED) is 0.243. The normalized spacial score (nSPS) is 13.0. The smallest absolute Gasteiger partial charge is 0.133 e. The number of benzene rings is 4. The first-order valence-corrected chi connectivity index (χ1v) is 16.8. The number of aryl methyl sites for hydroxylation is 4. The zero-order chi connectivity index (χ0) is 27.7. The molecule has 0 aliphatic rings. The van der Waals surface area contributed by atoms with Crippen molar-refractivity contribution >= 4 is 8.07 Å². The Labute approximate surface area is 229 Å². The van der Waals surface area contributed by atoms with Crippen molar-refractivity contribution in [2.24, 2.45) is 0 Å². The molecule has 0 saturated carbocycles. The summed E-state index contributed by atoms with van der Waals surface area (Å²) in [5, 5.41) is 26.4. The highest BCUT2D eigenvalue weighted by molar-refractivity contribution is 6.83. The van der Waals surface area contributed by atoms with Crippen molar-refractivity contribution in [3.63, 3.8) is 0 Å². The van der Waals surface area contributed by atoms with E-state index in [1.807, 2.05) is 117 Å². The second kappa shape index (κ2) is 10.5. The van der Waals surface area contributed by atoms with Gasteiger partial charge in [-0.15, -0.1) is 0 Å². The van der Waals surface area contributed by atoms with Crippen LogP contribution in [0.1, 0.15) is 44.5 Å². The molecule has 0 heterocycles. The fourth-order valence-corrected chi connectivity index (χ4v) is 7.10. The maximum Gasteiger partial charge on any atom is 0.133 e. The van der Waals surface area contributed by atoms with Crippen LogP contribution in [0.25, 0.3) is 0 Å². The Balaban J connectivity index is 2.08. The zero-order valence-corrected chi connectivity index (χ0v) is 24.7. The second-order valence-electron chi connectivity index (χ2n) is 11.7. The van der Waals surface area contributed by atoms with Crippen molar-refractivity contribution in [1.29, 1.82) is 0 Å². The predicted octanol–water partition coefficient (Wildman–Crippen LogP) is 7.90. The number of aliphatic hydroxyl groups is 2. The van der Waals surface area contributed by atoms with E-state index in [1.165, 1.54) is 0 Å². The molecule has 0 unspecified atom stereocenters. The SMILES string of the molecule is Cc1ccc(C(O)(/C=C(\C(O)(c2ccc(C)cc2)c2ccc(C)cc2)[Si](C)(C)C)c2ccc(C)cc2)cc1. The molecule has 0 atom stereocenters. The van der Waals surface area contributed by atoms with E-state index in [2.05, 4.69) is 33.5 Å². The Bertz CT molecular complexity index is 1320. The minimum atomic E-state index is -2.26. The molecule has 0 aliphatic heterocycles. The highest BCUT2D eigenvalue weighted by Gasteiger charge is 2.44. The summed E-state index contributed by atoms with van der Waals surface area (Å²) in [6.07, 6.45) is 1.95. The van der Waals surface area contributed by atoms with E-state index in [0.717, 1.165) is 49.7 Å². The summed E-state index contributed by atoms with van der Waals surface area (Å²) in [5.41, 5.74) is 4.84. The topological polar surface area (TPSA) is 40.5 Å². The van der Waals surface area contributed by atoms with Crippen LogP contribution in [-0.2, 0) is 11.2 Å². The molecule has 0 aliphatic carbocycles. The van der Waals surface area contributed by atoms with Crippen LogP contribution in [0.4, 0.5) is 0 Å². The lowest BCUT2D eigenvalue weighted by Gasteiger charge is -2.41. The monoisotopic (exact) mass is 520 g/mol. The number of rotatable bonds is 7. The molecule has 0 bridgehead atoms. The molecule has 2 N–H and O–H groups in total. The lowest BCUT2D eigenvalue weighted by atomic mass is 9.80. The van der Waals surface area contributed by atoms with Crippen LogP contribution in [0.3, 0.4) is 0 Å². The Morgan fingerprint density at radius 2 is 0.763 bits per heavy atom. The van der Waals surface area contributed by atoms with Gasteiger partial charge in [0.1, 0.15) is 11.2 Å². The van der Waals surface area contributed by atoms with Gasteiger partial charge in [-0.05, 0) is 61.2 Å². The molecule has 4 rings (SSSR count). The van der Waals surface area contributed by atoms with Gasteiger partial charge in [-0.25, -0.2) is 0 Å². The molecule has 0 amide bonds. The standard InChI is InChI=1S/C35H40O2Si/c1-25-8-16-29(17-9-25)34(36,30-18-10-26(2)11-19-30)24-33(38(5,6)7)35(37,31-20-12-27(3)13-21-31)32-22-14-28(4)15-23-32/h8-24,36-37H,1-7H3/b33-24+. The molecule has 0 aromatic heterocycles. The number of hydrogen-bond donors (Lipinski definition) is 2. The van der Waals surface area contributed by atoms with Crippen LogP contribution in [0, 0.1) is 27.7 Å². The van der Waals surface area contributed by atoms with Gasteiger partial charge in [0.05, 0.1) is 8.07 Å². The van der Waals surface area contributed by atoms with Crippen molar-refractivity contribution in [2.45, 2.75) is 58.5 Å². The van der Waals surface area contributed by atoms with Gasteiger partial charge in [0.25, 0.3) is 0 Å². The highest BCUT2D eigenvalue weighted by Crippen LogP contribution is 2.45. The van der Waals surface area contributed by atoms with Gasteiger partial charge in [-0.2, -0.15) is 0 Å². The summed E-state index contributed by atoms with van der Waals surface area (Å²) in [5.74, 6) is 0. The van der Waals surface area contributed by atoms with Crippen LogP contribution in [0.5, 0.6) is 0 Å². The summed E-state index contributed by atoms with van der Waals surface area (Å²) in [7, 11) is -2.26. The molecular formula is C35H40O2Si. The van der Waals surface area contributed by atoms with Crippen LogP contribution >= 0.6 is 0 Å². The van der Waals surface area contributed by atoms with E-state index in [4.69, 9.17) is 0 Å². The lowest BCUT2D eigenvalue weighted by molar-refractivity contribution is 0.111. The van der Waals surface area contributed by atoms with Crippen LogP contribution in [0.2, 0.25) is 19.6 Å². The summed E-state index contributed by atoms with van der Waals surface area (Å²) < 4.78 is 0. The summed E-state index contributed by atoms with van der Waals surface area (Å²) in [6, 6.07) is 32.3. The van der Waals surface area contributed by atoms with Crippen molar-refractivity contribution in [3.8, 4) is 0 Å². The minimum Gasteiger partial charge on any atom is -0.377 e. The fraction of sp³-hybridized carbons (Fsp3) is 0.257. The molecule has 38 heavy (non-hydrogen) atoms. The molecule has 0 spiro atoms. The molecule has 0 saturated heterocycles. The molecule has 3 heteroatoms. The maximum absolute atomic E-state index is 12.9. The molecular weight excluding hydrogens is 480 g/mol. The minimum absolute atomic E-state index is 0.776. The van der Waals surface area contributed by atoms with Gasteiger partial charge in [0.2, 0.25) is 0 Å². The van der Waals surface area contributed by atoms with E-state index in [-0.39, 0.29) is 0 Å². The Morgan fingerprint density at radius 3 is 1.03 bits per heavy atom. The van der Waals surface area contributed by atoms with Gasteiger partial charge in [0.15, 0.2) is 0 Å². The van der Waals surface area contributed by atoms with E-state index in [0.29, 0.717) is 0 Å². The third-order valence-electron chi connectivity index (χ3n) is 7.47. The van der Waals surface area contributed by atoms with E-state index < -0.39 is 19.3 Å². The maximum atomic E-state index is 12.9. The third-order valence-corrected chi connectivity index (χ3v) is 9.60. The van der Waals surface area contributed by atoms with E-state index in [9.17, 15) is 10.2 Å². The van der Waals surface area contributed by atoms with Crippen molar-refractivity contribution < 1.29 is 10.2 Å². The average molecular weight is 521 g/mol. The Hall–Kier alpha value is -3.24. The summed E-state index contributed by atoms with van der Waals surface area (Å²) in [6.45, 7) is 14.9. The van der Waals surface area contributed by atoms with Gasteiger partial charge in [-0.1, -0.05) is 139 Å². The Morgan fingerprint density at radius 1 is 0.500 bits per heavy atom. The molecule has 196 valence electrons. The van der Waals surface area contributed by atoms with Crippen LogP contribution in [-0.4, -0.2) is 18.3 Å². The van der Waals surface area contributed by atoms with Crippen molar-refractivity contribution in [2.75, 3.05) is 0 Å². The van der Waals surface area contributed by atoms with Crippen molar-refractivity contribution in [3.05, 3.63) is 153 Å². The number of hydrogen-bond acceptors (Lipinski definition) is 2. The fourth-order valence-electron chi connectivity index (χ4n) is 5.09. The van der Waals surface area contributed by atoms with Gasteiger partial charge in [-0.3, -0.25) is 0 Å². The van der Waals surface area contributed by atoms with Gasteiger partial charge in [0, 0.05) is 0 Å². The first-order valence-electron chi connectivity index (χ1n) is 13.3. The zero-order valence-electron chi connectivity index (χ0n) is 23.7. The highest BCUT2D eigenvalue weighted by atomic mass is 28.3. The third kappa shape index (κ3) is 5.46. The molecule has 0 fully saturated rings. The summed E-state index contributed by atoms with van der Waals surface area (Å²) >= 11 is 0. The first kappa shape index (κ1) is 27.8. The second-order valence-corrected chi connectivity index (χ2v) is 16.8. The van der Waals surface area contributed by atoms with E-state index >= 15 is 0 Å². The summed E-state index contributed by atoms with van der Waals surface area (Å²) in [4.78, 5) is 0. The van der Waals surface area contributed by atoms with Crippen LogP contribution < -0.4 is 0 Å². The predicted molar refractivity (Wildman–Crippen MR) is 162 cm³/mol. The first-order chi connectivity index (χ1) is 17.8. The van der Waals surface area contributed by atoms with Crippen LogP contribution in [0.15, 0.2) is 108 Å². The average Bonchev–Trinajstić information content (AvgIpc) is 2.87. The largest absolute Gasteiger partial charge is 0.377 e. The van der Waals surface area contributed by atoms with Crippen molar-refractivity contribution in [1.82, 2.24) is 0 Å². The molecule has 4 aromatic carbocycles. The lowest BCUT2D eigenvalue weighted by Crippen LogP contribution is -2.43. The molecule has 4 aromatic rings. The molecule has 0 radical (unpaired) electrons. The van der Waals surface area contributed by atoms with E-state index in [1.54, 1.807) is 0 Å².